The van der Waals surface area contributed by atoms with E-state index >= 15 is 0 Å². The minimum atomic E-state index is -3.91. The molecule has 1 aliphatic rings. The lowest BCUT2D eigenvalue weighted by atomic mass is 10.2. The molecule has 1 saturated heterocycles. The van der Waals surface area contributed by atoms with Crippen LogP contribution in [0.2, 0.25) is 0 Å². The van der Waals surface area contributed by atoms with Crippen molar-refractivity contribution in [2.75, 3.05) is 11.9 Å². The maximum atomic E-state index is 13.6. The Kier molecular flexibility index (Phi) is 3.22. The highest BCUT2D eigenvalue weighted by molar-refractivity contribution is 7.89. The maximum absolute atomic E-state index is 13.6. The molecular weight excluding hydrogens is 261 g/mol. The zero-order chi connectivity index (χ0) is 13.3. The summed E-state index contributed by atoms with van der Waals surface area (Å²) in [5.41, 5.74) is 0.143. The van der Waals surface area contributed by atoms with Crippen LogP contribution in [0.4, 0.5) is 10.1 Å². The lowest BCUT2D eigenvalue weighted by molar-refractivity contribution is -0.119. The van der Waals surface area contributed by atoms with Gasteiger partial charge in [-0.2, -0.15) is 0 Å². The number of hydrogen-bond donors (Lipinski definition) is 3. The van der Waals surface area contributed by atoms with Gasteiger partial charge in [-0.1, -0.05) is 0 Å². The molecule has 1 aliphatic heterocycles. The maximum Gasteiger partial charge on any atom is 0.238 e. The van der Waals surface area contributed by atoms with Crippen molar-refractivity contribution in [2.45, 2.75) is 17.4 Å². The molecule has 1 fully saturated rings. The van der Waals surface area contributed by atoms with Gasteiger partial charge in [-0.3, -0.25) is 4.79 Å². The molecule has 1 atom stereocenters. The van der Waals surface area contributed by atoms with Crippen molar-refractivity contribution in [3.8, 4) is 0 Å². The Labute approximate surface area is 103 Å². The number of anilines is 1. The van der Waals surface area contributed by atoms with E-state index < -0.39 is 15.8 Å². The second-order valence-corrected chi connectivity index (χ2v) is 5.60. The highest BCUT2D eigenvalue weighted by Gasteiger charge is 2.22. The Morgan fingerprint density at radius 2 is 2.17 bits per heavy atom. The summed E-state index contributed by atoms with van der Waals surface area (Å²) in [6.45, 7) is 0.412. The number of halogens is 1. The Morgan fingerprint density at radius 3 is 2.67 bits per heavy atom. The smallest absolute Gasteiger partial charge is 0.238 e. The quantitative estimate of drug-likeness (QED) is 0.708. The summed E-state index contributed by atoms with van der Waals surface area (Å²) < 4.78 is 35.7. The minimum Gasteiger partial charge on any atom is -0.378 e. The van der Waals surface area contributed by atoms with Crippen molar-refractivity contribution < 1.29 is 17.6 Å². The van der Waals surface area contributed by atoms with Crippen LogP contribution >= 0.6 is 0 Å². The number of benzene rings is 1. The van der Waals surface area contributed by atoms with E-state index in [1.807, 2.05) is 0 Å². The number of rotatable bonds is 3. The molecule has 0 aromatic heterocycles. The van der Waals surface area contributed by atoms with Gasteiger partial charge in [-0.25, -0.2) is 17.9 Å². The third-order valence-electron chi connectivity index (χ3n) is 2.61. The van der Waals surface area contributed by atoms with E-state index in [1.54, 1.807) is 0 Å². The summed E-state index contributed by atoms with van der Waals surface area (Å²) in [6.07, 6.45) is 0.260. The highest BCUT2D eigenvalue weighted by atomic mass is 32.2. The van der Waals surface area contributed by atoms with Crippen LogP contribution in [0.15, 0.2) is 23.1 Å². The molecule has 98 valence electrons. The van der Waals surface area contributed by atoms with Crippen LogP contribution in [0.1, 0.15) is 6.42 Å². The number of nitrogens with two attached hydrogens (primary N) is 1. The third kappa shape index (κ3) is 2.77. The summed E-state index contributed by atoms with van der Waals surface area (Å²) in [5, 5.41) is 10.3. The van der Waals surface area contributed by atoms with Gasteiger partial charge in [0.2, 0.25) is 15.9 Å². The van der Waals surface area contributed by atoms with Gasteiger partial charge in [0, 0.05) is 13.0 Å². The predicted molar refractivity (Wildman–Crippen MR) is 62.8 cm³/mol. The first-order chi connectivity index (χ1) is 8.36. The van der Waals surface area contributed by atoms with Gasteiger partial charge in [0.25, 0.3) is 0 Å². The molecule has 1 heterocycles. The largest absolute Gasteiger partial charge is 0.378 e. The molecule has 0 spiro atoms. The second kappa shape index (κ2) is 4.54. The zero-order valence-electron chi connectivity index (χ0n) is 9.31. The molecule has 1 unspecified atom stereocenters. The zero-order valence-corrected chi connectivity index (χ0v) is 10.1. The molecule has 6 nitrogen and oxygen atoms in total. The topological polar surface area (TPSA) is 101 Å². The van der Waals surface area contributed by atoms with Gasteiger partial charge in [-0.15, -0.1) is 0 Å². The molecule has 4 N–H and O–H groups in total. The Balaban J connectivity index is 2.18. The standard InChI is InChI=1S/C10H12FN3O3S/c11-8-4-7(18(12,16)17)1-2-9(8)14-6-3-10(15)13-5-6/h1-2,4,6,14H,3,5H2,(H,13,15)(H2,12,16,17). The first-order valence-electron chi connectivity index (χ1n) is 5.22. The molecule has 8 heteroatoms. The number of amides is 1. The van der Waals surface area contributed by atoms with E-state index in [1.165, 1.54) is 12.1 Å². The molecule has 1 amide bonds. The van der Waals surface area contributed by atoms with Gasteiger partial charge < -0.3 is 10.6 Å². The fourth-order valence-corrected chi connectivity index (χ4v) is 2.24. The van der Waals surface area contributed by atoms with Crippen molar-refractivity contribution in [2.24, 2.45) is 5.14 Å². The van der Waals surface area contributed by atoms with Crippen molar-refractivity contribution in [1.29, 1.82) is 0 Å². The Morgan fingerprint density at radius 1 is 1.44 bits per heavy atom. The number of primary sulfonamides is 1. The molecule has 0 radical (unpaired) electrons. The lowest BCUT2D eigenvalue weighted by Crippen LogP contribution is -2.23. The number of carbonyl (C=O) groups excluding carboxylic acids is 1. The summed E-state index contributed by atoms with van der Waals surface area (Å²) in [6, 6.07) is 3.15. The highest BCUT2D eigenvalue weighted by Crippen LogP contribution is 2.20. The van der Waals surface area contributed by atoms with Crippen LogP contribution in [0.5, 0.6) is 0 Å². The predicted octanol–water partition coefficient (Wildman–Crippen LogP) is -0.226. The van der Waals surface area contributed by atoms with Crippen LogP contribution in [0.25, 0.3) is 0 Å². The first kappa shape index (κ1) is 12.8. The Bertz CT molecular complexity index is 588. The summed E-state index contributed by atoms with van der Waals surface area (Å²) in [4.78, 5) is 10.7. The number of nitrogens with one attached hydrogen (secondary N) is 2. The number of hydrogen-bond acceptors (Lipinski definition) is 4. The van der Waals surface area contributed by atoms with E-state index in [0.717, 1.165) is 6.07 Å². The fourth-order valence-electron chi connectivity index (χ4n) is 1.72. The average molecular weight is 273 g/mol. The van der Waals surface area contributed by atoms with Crippen molar-refractivity contribution in [3.05, 3.63) is 24.0 Å². The summed E-state index contributed by atoms with van der Waals surface area (Å²) >= 11 is 0. The Hall–Kier alpha value is -1.67. The van der Waals surface area contributed by atoms with E-state index in [2.05, 4.69) is 10.6 Å². The molecule has 2 rings (SSSR count). The fraction of sp³-hybridized carbons (Fsp3) is 0.300. The van der Waals surface area contributed by atoms with Gasteiger partial charge in [-0.05, 0) is 18.2 Å². The van der Waals surface area contributed by atoms with E-state index in [4.69, 9.17) is 5.14 Å². The van der Waals surface area contributed by atoms with Crippen LogP contribution in [-0.2, 0) is 14.8 Å². The van der Waals surface area contributed by atoms with Crippen molar-refractivity contribution in [3.63, 3.8) is 0 Å². The molecule has 0 aliphatic carbocycles. The molecular formula is C10H12FN3O3S. The van der Waals surface area contributed by atoms with Crippen molar-refractivity contribution in [1.82, 2.24) is 5.32 Å². The third-order valence-corrected chi connectivity index (χ3v) is 3.52. The van der Waals surface area contributed by atoms with Gasteiger partial charge in [0.15, 0.2) is 0 Å². The van der Waals surface area contributed by atoms with Crippen LogP contribution in [0.3, 0.4) is 0 Å². The van der Waals surface area contributed by atoms with E-state index in [-0.39, 0.29) is 29.0 Å². The molecule has 1 aromatic rings. The van der Waals surface area contributed by atoms with Gasteiger partial charge in [0.05, 0.1) is 16.6 Å². The van der Waals surface area contributed by atoms with Crippen LogP contribution in [0, 0.1) is 5.82 Å². The molecule has 0 bridgehead atoms. The van der Waals surface area contributed by atoms with Crippen LogP contribution in [-0.4, -0.2) is 26.9 Å². The SMILES string of the molecule is NS(=O)(=O)c1ccc(NC2CNC(=O)C2)c(F)c1. The normalized spacial score (nSPS) is 19.7. The number of sulfonamides is 1. The van der Waals surface area contributed by atoms with Gasteiger partial charge in [0.1, 0.15) is 5.82 Å². The van der Waals surface area contributed by atoms with E-state index in [0.29, 0.717) is 6.54 Å². The van der Waals surface area contributed by atoms with E-state index in [9.17, 15) is 17.6 Å². The lowest BCUT2D eigenvalue weighted by Gasteiger charge is -2.13. The van der Waals surface area contributed by atoms with Gasteiger partial charge >= 0.3 is 0 Å². The monoisotopic (exact) mass is 273 g/mol. The molecule has 1 aromatic carbocycles. The van der Waals surface area contributed by atoms with Crippen molar-refractivity contribution >= 4 is 21.6 Å². The summed E-state index contributed by atoms with van der Waals surface area (Å²) in [5.74, 6) is -0.824. The minimum absolute atomic E-state index is 0.103. The average Bonchev–Trinajstić information content (AvgIpc) is 2.65. The second-order valence-electron chi connectivity index (χ2n) is 4.04. The molecule has 18 heavy (non-hydrogen) atoms. The number of carbonyl (C=O) groups is 1. The van der Waals surface area contributed by atoms with Crippen LogP contribution < -0.4 is 15.8 Å². The molecule has 0 saturated carbocycles. The summed E-state index contributed by atoms with van der Waals surface area (Å²) in [7, 11) is -3.91. The first-order valence-corrected chi connectivity index (χ1v) is 6.76.